The Kier molecular flexibility index (Phi) is 6.22. The van der Waals surface area contributed by atoms with Crippen LogP contribution < -0.4 is 9.62 Å². The van der Waals surface area contributed by atoms with E-state index in [4.69, 9.17) is 0 Å². The Morgan fingerprint density at radius 2 is 1.63 bits per heavy atom. The minimum atomic E-state index is -3.83. The minimum absolute atomic E-state index is 0.0210. The molecule has 5 nitrogen and oxygen atoms in total. The number of nitrogens with one attached hydrogen (secondary N) is 1. The summed E-state index contributed by atoms with van der Waals surface area (Å²) in [5, 5.41) is 2.81. The number of sulfonamides is 1. The van der Waals surface area contributed by atoms with Gasteiger partial charge in [0.2, 0.25) is 0 Å². The number of nitrogens with zero attached hydrogens (tertiary/aromatic N) is 1. The van der Waals surface area contributed by atoms with Gasteiger partial charge in [0.1, 0.15) is 5.82 Å². The number of benzene rings is 3. The summed E-state index contributed by atoms with van der Waals surface area (Å²) in [6, 6.07) is 18.5. The highest BCUT2D eigenvalue weighted by Gasteiger charge is 2.23. The highest BCUT2D eigenvalue weighted by atomic mass is 32.2. The first-order chi connectivity index (χ1) is 14.2. The van der Waals surface area contributed by atoms with Crippen LogP contribution >= 0.6 is 0 Å². The molecule has 0 fully saturated rings. The van der Waals surface area contributed by atoms with Crippen molar-refractivity contribution in [1.29, 1.82) is 0 Å². The lowest BCUT2D eigenvalue weighted by molar-refractivity contribution is 0.0939. The summed E-state index contributed by atoms with van der Waals surface area (Å²) in [7, 11) is -2.36. The number of carbonyl (C=O) groups excluding carboxylic acids is 1. The summed E-state index contributed by atoms with van der Waals surface area (Å²) in [6.45, 7) is 3.70. The van der Waals surface area contributed by atoms with Crippen molar-refractivity contribution < 1.29 is 17.6 Å². The summed E-state index contributed by atoms with van der Waals surface area (Å²) < 4.78 is 40.3. The molecule has 0 radical (unpaired) electrons. The Morgan fingerprint density at radius 1 is 1.00 bits per heavy atom. The van der Waals surface area contributed by atoms with Crippen molar-refractivity contribution in [3.63, 3.8) is 0 Å². The fraction of sp³-hybridized carbons (Fsp3) is 0.174. The number of hydrogen-bond donors (Lipinski definition) is 1. The quantitative estimate of drug-likeness (QED) is 0.633. The van der Waals surface area contributed by atoms with Crippen LogP contribution in [0.25, 0.3) is 0 Å². The van der Waals surface area contributed by atoms with Crippen molar-refractivity contribution in [2.75, 3.05) is 11.4 Å². The lowest BCUT2D eigenvalue weighted by atomic mass is 10.1. The van der Waals surface area contributed by atoms with Gasteiger partial charge >= 0.3 is 0 Å². The van der Waals surface area contributed by atoms with E-state index in [1.54, 1.807) is 37.3 Å². The highest BCUT2D eigenvalue weighted by Crippen LogP contribution is 2.23. The molecular weight excluding hydrogens is 403 g/mol. The van der Waals surface area contributed by atoms with E-state index < -0.39 is 15.9 Å². The first-order valence-electron chi connectivity index (χ1n) is 9.40. The maximum Gasteiger partial charge on any atom is 0.264 e. The molecule has 1 amide bonds. The second-order valence-corrected chi connectivity index (χ2v) is 9.05. The van der Waals surface area contributed by atoms with E-state index in [0.717, 1.165) is 11.1 Å². The Morgan fingerprint density at radius 3 is 2.27 bits per heavy atom. The number of amides is 1. The maximum absolute atomic E-state index is 13.1. The van der Waals surface area contributed by atoms with Crippen molar-refractivity contribution in [2.45, 2.75) is 24.8 Å². The van der Waals surface area contributed by atoms with Crippen LogP contribution in [0.15, 0.2) is 77.7 Å². The fourth-order valence-corrected chi connectivity index (χ4v) is 4.21. The van der Waals surface area contributed by atoms with Gasteiger partial charge in [0.15, 0.2) is 0 Å². The van der Waals surface area contributed by atoms with Gasteiger partial charge in [-0.2, -0.15) is 0 Å². The van der Waals surface area contributed by atoms with Crippen LogP contribution in [0.4, 0.5) is 10.1 Å². The van der Waals surface area contributed by atoms with E-state index in [0.29, 0.717) is 5.69 Å². The molecule has 0 aliphatic rings. The lowest BCUT2D eigenvalue weighted by Crippen LogP contribution is -2.28. The van der Waals surface area contributed by atoms with E-state index in [1.807, 2.05) is 19.1 Å². The average Bonchev–Trinajstić information content (AvgIpc) is 2.74. The molecular formula is C23H23FN2O3S. The molecule has 0 spiro atoms. The van der Waals surface area contributed by atoms with E-state index in [1.165, 1.54) is 41.7 Å². The third-order valence-corrected chi connectivity index (χ3v) is 6.65. The molecule has 30 heavy (non-hydrogen) atoms. The molecule has 0 saturated heterocycles. The Balaban J connectivity index is 1.81. The Hall–Kier alpha value is -3.19. The smallest absolute Gasteiger partial charge is 0.264 e. The van der Waals surface area contributed by atoms with Crippen LogP contribution in [0.1, 0.15) is 34.5 Å². The molecule has 0 bridgehead atoms. The van der Waals surface area contributed by atoms with E-state index in [2.05, 4.69) is 5.32 Å². The van der Waals surface area contributed by atoms with Crippen molar-refractivity contribution in [2.24, 2.45) is 0 Å². The summed E-state index contributed by atoms with van der Waals surface area (Å²) in [4.78, 5) is 12.7. The molecule has 1 unspecified atom stereocenters. The van der Waals surface area contributed by atoms with Gasteiger partial charge in [-0.1, -0.05) is 35.9 Å². The summed E-state index contributed by atoms with van der Waals surface area (Å²) in [5.74, 6) is -0.769. The van der Waals surface area contributed by atoms with Gasteiger partial charge < -0.3 is 5.32 Å². The molecule has 3 aromatic carbocycles. The molecule has 0 aromatic heterocycles. The molecule has 0 aliphatic heterocycles. The van der Waals surface area contributed by atoms with Crippen LogP contribution in [-0.2, 0) is 10.0 Å². The predicted octanol–water partition coefficient (Wildman–Crippen LogP) is 4.45. The Labute approximate surface area is 176 Å². The van der Waals surface area contributed by atoms with Gasteiger partial charge in [-0.3, -0.25) is 9.10 Å². The van der Waals surface area contributed by atoms with Crippen molar-refractivity contribution in [3.8, 4) is 0 Å². The molecule has 0 heterocycles. The van der Waals surface area contributed by atoms with Crippen LogP contribution in [0.2, 0.25) is 0 Å². The number of rotatable bonds is 6. The first-order valence-corrected chi connectivity index (χ1v) is 10.8. The fourth-order valence-electron chi connectivity index (χ4n) is 2.96. The van der Waals surface area contributed by atoms with Gasteiger partial charge in [-0.15, -0.1) is 0 Å². The third kappa shape index (κ3) is 4.68. The van der Waals surface area contributed by atoms with Crippen LogP contribution in [0.3, 0.4) is 0 Å². The molecule has 1 N–H and O–H groups in total. The number of aryl methyl sites for hydroxylation is 1. The van der Waals surface area contributed by atoms with E-state index in [9.17, 15) is 17.6 Å². The number of hydrogen-bond acceptors (Lipinski definition) is 3. The summed E-state index contributed by atoms with van der Waals surface area (Å²) in [5.41, 5.74) is 2.52. The van der Waals surface area contributed by atoms with E-state index in [-0.39, 0.29) is 22.3 Å². The molecule has 3 rings (SSSR count). The summed E-state index contributed by atoms with van der Waals surface area (Å²) in [6.07, 6.45) is 0. The second kappa shape index (κ2) is 8.67. The first kappa shape index (κ1) is 21.5. The van der Waals surface area contributed by atoms with Gasteiger partial charge in [-0.25, -0.2) is 12.8 Å². The SMILES string of the molecule is Cc1ccc(N(C)S(=O)(=O)c2cccc(C(=O)NC(C)c3ccc(F)cc3)c2)cc1. The topological polar surface area (TPSA) is 66.5 Å². The van der Waals surface area contributed by atoms with Crippen molar-refractivity contribution >= 4 is 21.6 Å². The molecule has 0 aliphatic carbocycles. The zero-order chi connectivity index (χ0) is 21.9. The number of halogens is 1. The third-order valence-electron chi connectivity index (χ3n) is 4.87. The Bertz CT molecular complexity index is 1140. The van der Waals surface area contributed by atoms with Crippen molar-refractivity contribution in [3.05, 3.63) is 95.3 Å². The van der Waals surface area contributed by atoms with Gasteiger partial charge in [0.05, 0.1) is 16.6 Å². The normalized spacial score (nSPS) is 12.3. The maximum atomic E-state index is 13.1. The number of anilines is 1. The lowest BCUT2D eigenvalue weighted by Gasteiger charge is -2.20. The zero-order valence-electron chi connectivity index (χ0n) is 17.0. The van der Waals surface area contributed by atoms with Gasteiger partial charge in [0, 0.05) is 12.6 Å². The van der Waals surface area contributed by atoms with Crippen molar-refractivity contribution in [1.82, 2.24) is 5.32 Å². The van der Waals surface area contributed by atoms with Gasteiger partial charge in [0.25, 0.3) is 15.9 Å². The number of carbonyl (C=O) groups is 1. The largest absolute Gasteiger partial charge is 0.346 e. The molecule has 1 atom stereocenters. The van der Waals surface area contributed by atoms with Crippen LogP contribution in [-0.4, -0.2) is 21.4 Å². The average molecular weight is 427 g/mol. The molecule has 7 heteroatoms. The van der Waals surface area contributed by atoms with Crippen LogP contribution in [0, 0.1) is 12.7 Å². The minimum Gasteiger partial charge on any atom is -0.346 e. The molecule has 3 aromatic rings. The molecule has 156 valence electrons. The second-order valence-electron chi connectivity index (χ2n) is 7.08. The van der Waals surface area contributed by atoms with Crippen LogP contribution in [0.5, 0.6) is 0 Å². The van der Waals surface area contributed by atoms with E-state index >= 15 is 0 Å². The van der Waals surface area contributed by atoms with Gasteiger partial charge in [-0.05, 0) is 61.9 Å². The monoisotopic (exact) mass is 426 g/mol. The zero-order valence-corrected chi connectivity index (χ0v) is 17.8. The standard InChI is InChI=1S/C23H23FN2O3S/c1-16-7-13-21(14-8-16)26(3)30(28,29)22-6-4-5-19(15-22)23(27)25-17(2)18-9-11-20(24)12-10-18/h4-15,17H,1-3H3,(H,25,27). The summed E-state index contributed by atoms with van der Waals surface area (Å²) >= 11 is 0. The highest BCUT2D eigenvalue weighted by molar-refractivity contribution is 7.92. The predicted molar refractivity (Wildman–Crippen MR) is 115 cm³/mol. The molecule has 0 saturated carbocycles.